The lowest BCUT2D eigenvalue weighted by Gasteiger charge is -2.48. The van der Waals surface area contributed by atoms with Gasteiger partial charge in [0.05, 0.1) is 12.9 Å². The second-order valence-corrected chi connectivity index (χ2v) is 16.4. The first-order valence-electron chi connectivity index (χ1n) is 8.20. The van der Waals surface area contributed by atoms with Crippen LogP contribution < -0.4 is 30.6 Å². The molecule has 3 rings (SSSR count). The number of aliphatic hydroxyl groups excluding tert-OH is 2. The van der Waals surface area contributed by atoms with E-state index in [2.05, 4.69) is 24.8 Å². The molecule has 0 aromatic carbocycles. The Bertz CT molecular complexity index is 1140. The fourth-order valence-electron chi connectivity index (χ4n) is 2.77. The van der Waals surface area contributed by atoms with Crippen LogP contribution in [0, 0.1) is 0 Å². The summed E-state index contributed by atoms with van der Waals surface area (Å²) in [6.45, 7) is -7.78. The van der Waals surface area contributed by atoms with Gasteiger partial charge in [-0.1, -0.05) is 0 Å². The molecule has 20 heteroatoms. The monoisotopic (exact) mass is 500 g/mol. The molecule has 0 amide bonds. The summed E-state index contributed by atoms with van der Waals surface area (Å²) in [7, 11) is -11.3. The van der Waals surface area contributed by atoms with Gasteiger partial charge in [0, 0.05) is 7.05 Å². The Kier molecular flexibility index (Phi) is 6.34. The van der Waals surface area contributed by atoms with Crippen LogP contribution in [0.25, 0.3) is 11.2 Å². The molecule has 5 N–H and O–H groups in total. The highest BCUT2D eigenvalue weighted by atomic mass is 32.5. The van der Waals surface area contributed by atoms with Crippen LogP contribution in [0.5, 0.6) is 0 Å². The predicted octanol–water partition coefficient (Wildman–Crippen LogP) is -3.98. The number of fused-ring (bicyclic) bond motifs is 1. The molecule has 17 nitrogen and oxygen atoms in total. The molecule has 0 aliphatic carbocycles. The summed E-state index contributed by atoms with van der Waals surface area (Å²) in [5.74, 6) is 0.0805. The minimum Gasteiger partial charge on any atom is -0.806 e. The van der Waals surface area contributed by atoms with Crippen LogP contribution in [0.3, 0.4) is 0 Å². The van der Waals surface area contributed by atoms with Crippen molar-refractivity contribution < 1.29 is 52.7 Å². The number of aromatic nitrogens is 4. The number of aliphatic hydroxyl groups is 2. The summed E-state index contributed by atoms with van der Waals surface area (Å²) >= 11 is 0. The van der Waals surface area contributed by atoms with E-state index >= 15 is 0 Å². The molecule has 1 fully saturated rings. The molecule has 0 radical (unpaired) electrons. The maximum absolute atomic E-state index is 11.6. The van der Waals surface area contributed by atoms with Crippen molar-refractivity contribution in [3.63, 3.8) is 0 Å². The van der Waals surface area contributed by atoms with Crippen LogP contribution in [0.15, 0.2) is 6.33 Å². The second kappa shape index (κ2) is 8.14. The van der Waals surface area contributed by atoms with E-state index < -0.39 is 52.5 Å². The number of nitrogens with zero attached hydrogens (tertiary/aromatic N) is 4. The van der Waals surface area contributed by atoms with Crippen molar-refractivity contribution in [2.45, 2.75) is 24.5 Å². The highest BCUT2D eigenvalue weighted by molar-refractivity contribution is 8.58. The average molecular weight is 500 g/mol. The van der Waals surface area contributed by atoms with Gasteiger partial charge in [-0.2, -0.15) is 9.97 Å². The number of anilines is 2. The number of imidazole rings is 1. The Hall–Kier alpha value is -1.48. The summed E-state index contributed by atoms with van der Waals surface area (Å²) in [5.41, 5.74) is 5.91. The lowest BCUT2D eigenvalue weighted by atomic mass is 10.1. The number of nitrogens with two attached hydrogens (primary N) is 1. The van der Waals surface area contributed by atoms with Crippen molar-refractivity contribution in [3.05, 3.63) is 6.33 Å². The van der Waals surface area contributed by atoms with E-state index in [9.17, 15) is 43.5 Å². The highest BCUT2D eigenvalue weighted by Gasteiger charge is 2.45. The second-order valence-electron chi connectivity index (χ2n) is 6.27. The van der Waals surface area contributed by atoms with Crippen molar-refractivity contribution >= 4 is 44.2 Å². The first-order valence-corrected chi connectivity index (χ1v) is 14.3. The summed E-state index contributed by atoms with van der Waals surface area (Å²) in [6.07, 6.45) is -5.37. The third-order valence-electron chi connectivity index (χ3n) is 4.31. The molecule has 1 aliphatic heterocycles. The van der Waals surface area contributed by atoms with Crippen LogP contribution in [-0.2, 0) is 23.0 Å². The number of nitrogens with one attached hydrogen (secondary N) is 1. The molecular weight excluding hydrogens is 485 g/mol. The molecule has 0 bridgehead atoms. The largest absolute Gasteiger partial charge is 0.806 e. The van der Waals surface area contributed by atoms with Crippen molar-refractivity contribution in [1.82, 2.24) is 19.5 Å². The molecule has 2 aromatic rings. The van der Waals surface area contributed by atoms with Crippen LogP contribution in [0.1, 0.15) is 6.23 Å². The van der Waals surface area contributed by atoms with Crippen LogP contribution >= 0.6 is 21.3 Å². The number of hydrogen-bond donors (Lipinski definition) is 4. The molecule has 0 saturated carbocycles. The van der Waals surface area contributed by atoms with Gasteiger partial charge in [0.25, 0.3) is 0 Å². The van der Waals surface area contributed by atoms with Gasteiger partial charge < -0.3 is 63.8 Å². The molecular formula is C11H15N6O11P3-4. The standard InChI is InChI=1S/C11H19N6O11P3/c1-13-8-5-9(16-11(12)15-8)17(3-14-5)10-7(19)6(18)4(28-10)2-27-30(23,24)31(25,26)29(20,21)22/h3-4,6-7,10,18-19H,2H2,1H3,(H,23,24)(H,25,26)(H2,20,21,22)(H3,12,13,15,16)/p-4/t4-,6?,7+,10-/m1/s1. The van der Waals surface area contributed by atoms with Crippen molar-refractivity contribution in [3.8, 4) is 0 Å². The molecule has 174 valence electrons. The third-order valence-corrected chi connectivity index (χ3v) is 14.0. The molecule has 6 atom stereocenters. The van der Waals surface area contributed by atoms with Gasteiger partial charge in [0.2, 0.25) is 5.95 Å². The van der Waals surface area contributed by atoms with Gasteiger partial charge >= 0.3 is 0 Å². The fourth-order valence-corrected chi connectivity index (χ4v) is 7.84. The zero-order valence-corrected chi connectivity index (χ0v) is 18.1. The molecule has 3 heterocycles. The molecule has 1 aliphatic rings. The lowest BCUT2D eigenvalue weighted by Crippen LogP contribution is -2.34. The van der Waals surface area contributed by atoms with Gasteiger partial charge in [-0.25, -0.2) is 4.98 Å². The molecule has 2 aromatic heterocycles. The Morgan fingerprint density at radius 1 is 1.23 bits per heavy atom. The van der Waals surface area contributed by atoms with Gasteiger partial charge in [-0.05, 0) is 7.28 Å². The van der Waals surface area contributed by atoms with E-state index in [1.807, 2.05) is 0 Å². The van der Waals surface area contributed by atoms with E-state index in [0.29, 0.717) is 0 Å². The van der Waals surface area contributed by atoms with Crippen LogP contribution in [0.4, 0.5) is 11.8 Å². The first-order chi connectivity index (χ1) is 14.2. The maximum atomic E-state index is 11.6. The van der Waals surface area contributed by atoms with Crippen molar-refractivity contribution in [1.29, 1.82) is 0 Å². The average Bonchev–Trinajstić information content (AvgIpc) is 3.20. The predicted molar refractivity (Wildman–Crippen MR) is 94.0 cm³/mol. The summed E-state index contributed by atoms with van der Waals surface area (Å²) in [6, 6.07) is 0. The van der Waals surface area contributed by atoms with E-state index in [-0.39, 0.29) is 22.9 Å². The maximum Gasteiger partial charge on any atom is 0.224 e. The molecule has 3 unspecified atom stereocenters. The SMILES string of the molecule is CNc1nc(N)nc2c1ncn2[C@@H]1O[C@H](COP(=O)([O-])P(=O)([O-])P(=O)([O-])[O-])C(O)[C@@H]1O. The first kappa shape index (κ1) is 24.2. The Morgan fingerprint density at radius 2 is 1.87 bits per heavy atom. The summed E-state index contributed by atoms with van der Waals surface area (Å²) in [4.78, 5) is 56.4. The lowest BCUT2D eigenvalue weighted by molar-refractivity contribution is -0.311. The summed E-state index contributed by atoms with van der Waals surface area (Å²) < 4.78 is 44.3. The van der Waals surface area contributed by atoms with E-state index in [1.165, 1.54) is 13.4 Å². The Labute approximate surface area is 172 Å². The van der Waals surface area contributed by atoms with Gasteiger partial charge in [0.15, 0.2) is 30.5 Å². The smallest absolute Gasteiger partial charge is 0.224 e. The molecule has 0 spiro atoms. The zero-order chi connectivity index (χ0) is 23.4. The summed E-state index contributed by atoms with van der Waals surface area (Å²) in [5, 5.41) is 23.2. The quantitative estimate of drug-likeness (QED) is 0.264. The fraction of sp³-hybridized carbons (Fsp3) is 0.545. The number of hydrogen-bond acceptors (Lipinski definition) is 16. The number of ether oxygens (including phenoxy) is 1. The topological polar surface area (TPSA) is 284 Å². The number of rotatable bonds is 7. The molecule has 31 heavy (non-hydrogen) atoms. The number of nitrogen functional groups attached to an aromatic ring is 1. The minimum absolute atomic E-state index is 0.0758. The van der Waals surface area contributed by atoms with Crippen LogP contribution in [0.2, 0.25) is 0 Å². The van der Waals surface area contributed by atoms with E-state index in [4.69, 9.17) is 10.5 Å². The molecule has 1 saturated heterocycles. The minimum atomic E-state index is -6.57. The van der Waals surface area contributed by atoms with Crippen LogP contribution in [-0.4, -0.2) is 61.7 Å². The van der Waals surface area contributed by atoms with Gasteiger partial charge in [-0.3, -0.25) is 4.57 Å². The highest BCUT2D eigenvalue weighted by Crippen LogP contribution is 2.87. The van der Waals surface area contributed by atoms with Crippen molar-refractivity contribution in [2.24, 2.45) is 0 Å². The zero-order valence-electron chi connectivity index (χ0n) is 15.4. The van der Waals surface area contributed by atoms with Gasteiger partial charge in [-0.15, -0.1) is 0 Å². The van der Waals surface area contributed by atoms with E-state index in [0.717, 1.165) is 4.57 Å². The van der Waals surface area contributed by atoms with Gasteiger partial charge in [0.1, 0.15) is 25.1 Å². The Morgan fingerprint density at radius 3 is 2.45 bits per heavy atom. The van der Waals surface area contributed by atoms with Crippen molar-refractivity contribution in [2.75, 3.05) is 24.7 Å². The van der Waals surface area contributed by atoms with E-state index in [1.54, 1.807) is 0 Å². The Balaban J connectivity index is 1.84. The third kappa shape index (κ3) is 4.15. The normalized spacial score (nSPS) is 28.4.